The fourth-order valence-corrected chi connectivity index (χ4v) is 1.51. The maximum absolute atomic E-state index is 9.84. The highest BCUT2D eigenvalue weighted by Gasteiger charge is 2.38. The predicted molar refractivity (Wildman–Crippen MR) is 48.6 cm³/mol. The first-order valence-electron chi connectivity index (χ1n) is 4.62. The summed E-state index contributed by atoms with van der Waals surface area (Å²) in [5, 5.41) is 9.84. The van der Waals surface area contributed by atoms with Gasteiger partial charge in [-0.25, -0.2) is 0 Å². The molecule has 0 radical (unpaired) electrons. The first kappa shape index (κ1) is 9.71. The molecule has 0 bridgehead atoms. The lowest BCUT2D eigenvalue weighted by atomic mass is 10.2. The summed E-state index contributed by atoms with van der Waals surface area (Å²) in [7, 11) is 0. The Kier molecular flexibility index (Phi) is 2.34. The maximum atomic E-state index is 9.84. The zero-order valence-corrected chi connectivity index (χ0v) is 8.27. The van der Waals surface area contributed by atoms with E-state index in [9.17, 15) is 5.11 Å². The molecule has 1 aliphatic rings. The number of rotatable bonds is 2. The molecule has 0 aliphatic carbocycles. The Labute approximate surface area is 82.4 Å². The lowest BCUT2D eigenvalue weighted by molar-refractivity contribution is -0.152. The fraction of sp³-hybridized carbons (Fsp3) is 0.600. The second kappa shape index (κ2) is 3.38. The van der Waals surface area contributed by atoms with Gasteiger partial charge in [0.1, 0.15) is 18.0 Å². The normalized spacial score (nSPS) is 27.8. The van der Waals surface area contributed by atoms with Crippen molar-refractivity contribution in [1.29, 1.82) is 0 Å². The third-order valence-corrected chi connectivity index (χ3v) is 2.22. The summed E-state index contributed by atoms with van der Waals surface area (Å²) >= 11 is 0. The van der Waals surface area contributed by atoms with Crippen LogP contribution in [0.3, 0.4) is 0 Å². The predicted octanol–water partition coefficient (Wildman–Crippen LogP) is 1.46. The first-order valence-corrected chi connectivity index (χ1v) is 4.62. The molecule has 0 aromatic carbocycles. The van der Waals surface area contributed by atoms with Gasteiger partial charge in [0.2, 0.25) is 0 Å². The highest BCUT2D eigenvalue weighted by atomic mass is 16.7. The Morgan fingerprint density at radius 2 is 2.36 bits per heavy atom. The van der Waals surface area contributed by atoms with Crippen LogP contribution in [0, 0.1) is 0 Å². The van der Waals surface area contributed by atoms with Crippen molar-refractivity contribution in [3.63, 3.8) is 0 Å². The lowest BCUT2D eigenvalue weighted by Gasteiger charge is -2.19. The van der Waals surface area contributed by atoms with Crippen LogP contribution in [0.5, 0.6) is 0 Å². The van der Waals surface area contributed by atoms with Crippen molar-refractivity contribution in [3.8, 4) is 0 Å². The molecule has 1 aromatic heterocycles. The van der Waals surface area contributed by atoms with Crippen LogP contribution in [-0.4, -0.2) is 23.6 Å². The van der Waals surface area contributed by atoms with Crippen LogP contribution in [-0.2, 0) is 9.47 Å². The van der Waals surface area contributed by atoms with Gasteiger partial charge in [-0.05, 0) is 26.0 Å². The molecule has 2 atom stereocenters. The first-order chi connectivity index (χ1) is 6.58. The number of aliphatic hydroxyl groups is 1. The van der Waals surface area contributed by atoms with E-state index >= 15 is 0 Å². The fourth-order valence-electron chi connectivity index (χ4n) is 1.51. The average molecular weight is 198 g/mol. The molecule has 2 heterocycles. The highest BCUT2D eigenvalue weighted by molar-refractivity contribution is 5.04. The molecule has 0 spiro atoms. The number of hydrogen-bond donors (Lipinski definition) is 1. The van der Waals surface area contributed by atoms with E-state index in [1.807, 2.05) is 13.8 Å². The van der Waals surface area contributed by atoms with Gasteiger partial charge in [0.05, 0.1) is 12.9 Å². The van der Waals surface area contributed by atoms with Gasteiger partial charge in [0.15, 0.2) is 5.79 Å². The third kappa shape index (κ3) is 1.82. The summed E-state index contributed by atoms with van der Waals surface area (Å²) in [6.07, 6.45) is 0.419. The average Bonchev–Trinajstić information content (AvgIpc) is 2.72. The second-order valence-corrected chi connectivity index (χ2v) is 3.83. The Morgan fingerprint density at radius 1 is 1.57 bits per heavy atom. The van der Waals surface area contributed by atoms with Crippen molar-refractivity contribution < 1.29 is 19.0 Å². The van der Waals surface area contributed by atoms with Gasteiger partial charge in [-0.1, -0.05) is 0 Å². The minimum absolute atomic E-state index is 0.351. The minimum Gasteiger partial charge on any atom is -0.466 e. The molecule has 1 aromatic rings. The van der Waals surface area contributed by atoms with Crippen molar-refractivity contribution in [1.82, 2.24) is 0 Å². The largest absolute Gasteiger partial charge is 0.466 e. The molecule has 1 unspecified atom stereocenters. The molecule has 78 valence electrons. The number of ether oxygens (including phenoxy) is 2. The van der Waals surface area contributed by atoms with Crippen LogP contribution >= 0.6 is 0 Å². The number of hydrogen-bond acceptors (Lipinski definition) is 4. The van der Waals surface area contributed by atoms with E-state index in [0.29, 0.717) is 12.4 Å². The van der Waals surface area contributed by atoms with Crippen LogP contribution < -0.4 is 0 Å². The summed E-state index contributed by atoms with van der Waals surface area (Å²) in [5.74, 6) is -0.102. The topological polar surface area (TPSA) is 51.8 Å². The van der Waals surface area contributed by atoms with Gasteiger partial charge < -0.3 is 19.0 Å². The highest BCUT2D eigenvalue weighted by Crippen LogP contribution is 2.30. The van der Waals surface area contributed by atoms with Crippen LogP contribution in [0.1, 0.15) is 25.7 Å². The van der Waals surface area contributed by atoms with Crippen molar-refractivity contribution in [2.45, 2.75) is 31.8 Å². The number of furan rings is 1. The van der Waals surface area contributed by atoms with Crippen LogP contribution in [0.4, 0.5) is 0 Å². The molecule has 1 N–H and O–H groups in total. The molecular formula is C10H14O4. The Hall–Kier alpha value is -0.840. The van der Waals surface area contributed by atoms with Gasteiger partial charge in [0, 0.05) is 0 Å². The SMILES string of the molecule is CC1(C)OC[C@H](C(O)c2ccco2)O1. The van der Waals surface area contributed by atoms with E-state index in [1.54, 1.807) is 12.1 Å². The monoisotopic (exact) mass is 198 g/mol. The number of aliphatic hydroxyl groups excluding tert-OH is 1. The van der Waals surface area contributed by atoms with Gasteiger partial charge >= 0.3 is 0 Å². The molecule has 0 saturated carbocycles. The van der Waals surface area contributed by atoms with Crippen LogP contribution in [0.25, 0.3) is 0 Å². The van der Waals surface area contributed by atoms with Gasteiger partial charge in [-0.2, -0.15) is 0 Å². The van der Waals surface area contributed by atoms with Crippen molar-refractivity contribution in [3.05, 3.63) is 24.2 Å². The van der Waals surface area contributed by atoms with Crippen molar-refractivity contribution >= 4 is 0 Å². The summed E-state index contributed by atoms with van der Waals surface area (Å²) in [5.41, 5.74) is 0. The Bertz CT molecular complexity index is 291. The van der Waals surface area contributed by atoms with E-state index in [1.165, 1.54) is 6.26 Å². The van der Waals surface area contributed by atoms with Crippen LogP contribution in [0.2, 0.25) is 0 Å². The van der Waals surface area contributed by atoms with Crippen molar-refractivity contribution in [2.75, 3.05) is 6.61 Å². The molecule has 4 nitrogen and oxygen atoms in total. The summed E-state index contributed by atoms with van der Waals surface area (Å²) in [6.45, 7) is 4.03. The summed E-state index contributed by atoms with van der Waals surface area (Å²) < 4.78 is 15.9. The van der Waals surface area contributed by atoms with Crippen LogP contribution in [0.15, 0.2) is 22.8 Å². The molecule has 4 heteroatoms. The third-order valence-electron chi connectivity index (χ3n) is 2.22. The van der Waals surface area contributed by atoms with E-state index in [-0.39, 0.29) is 6.10 Å². The molecule has 0 amide bonds. The van der Waals surface area contributed by atoms with Crippen molar-refractivity contribution in [2.24, 2.45) is 0 Å². The minimum atomic E-state index is -0.758. The summed E-state index contributed by atoms with van der Waals surface area (Å²) in [4.78, 5) is 0. The molecular weight excluding hydrogens is 184 g/mol. The second-order valence-electron chi connectivity index (χ2n) is 3.83. The zero-order valence-electron chi connectivity index (χ0n) is 8.27. The molecule has 1 fully saturated rings. The van der Waals surface area contributed by atoms with Gasteiger partial charge in [0.25, 0.3) is 0 Å². The summed E-state index contributed by atoms with van der Waals surface area (Å²) in [6, 6.07) is 3.46. The standard InChI is InChI=1S/C10H14O4/c1-10(2)13-6-8(14-10)9(11)7-4-3-5-12-7/h3-5,8-9,11H,6H2,1-2H3/t8-,9?/m1/s1. The van der Waals surface area contributed by atoms with E-state index in [0.717, 1.165) is 0 Å². The zero-order chi connectivity index (χ0) is 10.2. The molecule has 14 heavy (non-hydrogen) atoms. The van der Waals surface area contributed by atoms with Gasteiger partial charge in [-0.15, -0.1) is 0 Å². The lowest BCUT2D eigenvalue weighted by Crippen LogP contribution is -2.25. The van der Waals surface area contributed by atoms with Gasteiger partial charge in [-0.3, -0.25) is 0 Å². The Morgan fingerprint density at radius 3 is 2.86 bits per heavy atom. The maximum Gasteiger partial charge on any atom is 0.163 e. The Balaban J connectivity index is 2.04. The molecule has 1 aliphatic heterocycles. The quantitative estimate of drug-likeness (QED) is 0.781. The molecule has 1 saturated heterocycles. The van der Waals surface area contributed by atoms with E-state index < -0.39 is 11.9 Å². The smallest absolute Gasteiger partial charge is 0.163 e. The molecule has 2 rings (SSSR count). The van der Waals surface area contributed by atoms with E-state index in [4.69, 9.17) is 13.9 Å². The van der Waals surface area contributed by atoms with E-state index in [2.05, 4.69) is 0 Å².